The molecule has 0 saturated heterocycles. The minimum atomic E-state index is -4.42. The molecule has 0 fully saturated rings. The summed E-state index contributed by atoms with van der Waals surface area (Å²) in [5, 5.41) is 12.6. The first-order chi connectivity index (χ1) is 16.7. The molecule has 1 unspecified atom stereocenters. The van der Waals surface area contributed by atoms with Crippen LogP contribution in [0.25, 0.3) is 11.6 Å². The quantitative estimate of drug-likeness (QED) is 0.570. The fourth-order valence-electron chi connectivity index (χ4n) is 4.24. The second kappa shape index (κ2) is 8.51. The molecule has 0 radical (unpaired) electrons. The van der Waals surface area contributed by atoms with Gasteiger partial charge in [0.05, 0.1) is 23.2 Å². The summed E-state index contributed by atoms with van der Waals surface area (Å²) >= 11 is 0. The van der Waals surface area contributed by atoms with E-state index in [4.69, 9.17) is 0 Å². The predicted octanol–water partition coefficient (Wildman–Crippen LogP) is 5.02. The van der Waals surface area contributed by atoms with Crippen molar-refractivity contribution >= 4 is 29.1 Å². The van der Waals surface area contributed by atoms with Crippen molar-refractivity contribution in [2.24, 2.45) is 4.99 Å². The van der Waals surface area contributed by atoms with Crippen LogP contribution in [0, 0.1) is 18.3 Å². The van der Waals surface area contributed by atoms with Gasteiger partial charge in [-0.2, -0.15) is 18.4 Å². The number of aryl methyl sites for hydroxylation is 1. The number of nitrogens with one attached hydrogen (secondary N) is 1. The second-order valence-corrected chi connectivity index (χ2v) is 8.34. The van der Waals surface area contributed by atoms with E-state index in [1.807, 2.05) is 11.0 Å². The summed E-state index contributed by atoms with van der Waals surface area (Å²) in [6, 6.07) is 8.65. The highest BCUT2D eigenvalue weighted by atomic mass is 19.4. The van der Waals surface area contributed by atoms with E-state index >= 15 is 0 Å². The number of alkyl halides is 3. The minimum Gasteiger partial charge on any atom is -0.363 e. The van der Waals surface area contributed by atoms with Crippen LogP contribution in [0.15, 0.2) is 47.7 Å². The lowest BCUT2D eigenvalue weighted by Gasteiger charge is -2.29. The lowest BCUT2D eigenvalue weighted by Crippen LogP contribution is -2.33. The Hall–Kier alpha value is -4.26. The molecule has 2 aromatic heterocycles. The summed E-state index contributed by atoms with van der Waals surface area (Å²) in [6.07, 6.45) is 0.639. The van der Waals surface area contributed by atoms with Gasteiger partial charge in [0.25, 0.3) is 0 Å². The lowest BCUT2D eigenvalue weighted by molar-refractivity contribution is -0.137. The molecule has 2 aliphatic heterocycles. The van der Waals surface area contributed by atoms with Crippen LogP contribution >= 0.6 is 0 Å². The number of halogens is 3. The molecule has 2 aliphatic rings. The minimum absolute atomic E-state index is 0.427. The van der Waals surface area contributed by atoms with Crippen molar-refractivity contribution < 1.29 is 13.2 Å². The highest BCUT2D eigenvalue weighted by Crippen LogP contribution is 2.39. The Kier molecular flexibility index (Phi) is 5.47. The fourth-order valence-corrected chi connectivity index (χ4v) is 4.24. The molecule has 0 saturated carbocycles. The second-order valence-electron chi connectivity index (χ2n) is 8.34. The number of anilines is 2. The number of hydrogen-bond acceptors (Lipinski definition) is 7. The predicted molar refractivity (Wildman–Crippen MR) is 127 cm³/mol. The molecule has 1 N–H and O–H groups in total. The Balaban J connectivity index is 1.58. The number of benzene rings is 1. The number of hydrogen-bond donors (Lipinski definition) is 1. The Morgan fingerprint density at radius 2 is 2.00 bits per heavy atom. The van der Waals surface area contributed by atoms with E-state index in [1.165, 1.54) is 12.3 Å². The van der Waals surface area contributed by atoms with Gasteiger partial charge in [0.1, 0.15) is 29.4 Å². The van der Waals surface area contributed by atoms with Gasteiger partial charge < -0.3 is 10.2 Å². The van der Waals surface area contributed by atoms with E-state index in [0.717, 1.165) is 29.1 Å². The smallest absolute Gasteiger partial charge is 0.363 e. The molecule has 1 aromatic carbocycles. The fraction of sp³-hybridized carbons (Fsp3) is 0.240. The maximum absolute atomic E-state index is 13.2. The van der Waals surface area contributed by atoms with Gasteiger partial charge in [0, 0.05) is 36.1 Å². The van der Waals surface area contributed by atoms with Gasteiger partial charge in [0.2, 0.25) is 0 Å². The van der Waals surface area contributed by atoms with Crippen molar-refractivity contribution in [3.05, 3.63) is 76.4 Å². The average Bonchev–Trinajstić information content (AvgIpc) is 3.33. The largest absolute Gasteiger partial charge is 0.416 e. The molecule has 35 heavy (non-hydrogen) atoms. The topological polar surface area (TPSA) is 90.1 Å². The highest BCUT2D eigenvalue weighted by molar-refractivity contribution is 6.36. The number of pyridine rings is 1. The van der Waals surface area contributed by atoms with Gasteiger partial charge in [-0.3, -0.25) is 9.98 Å². The van der Waals surface area contributed by atoms with Crippen LogP contribution in [0.4, 0.5) is 24.8 Å². The monoisotopic (exact) mass is 475 g/mol. The summed E-state index contributed by atoms with van der Waals surface area (Å²) in [7, 11) is 0. The average molecular weight is 475 g/mol. The number of rotatable bonds is 4. The zero-order chi connectivity index (χ0) is 24.7. The molecule has 10 heteroatoms. The van der Waals surface area contributed by atoms with E-state index in [9.17, 15) is 18.4 Å². The van der Waals surface area contributed by atoms with Crippen LogP contribution in [0.1, 0.15) is 46.6 Å². The first-order valence-corrected chi connectivity index (χ1v) is 11.0. The molecule has 5 rings (SSSR count). The number of nitrogens with zero attached hydrogens (tertiary/aromatic N) is 6. The Bertz CT molecular complexity index is 1420. The molecule has 0 amide bonds. The third-order valence-corrected chi connectivity index (χ3v) is 5.91. The van der Waals surface area contributed by atoms with Crippen LogP contribution in [0.5, 0.6) is 0 Å². The van der Waals surface area contributed by atoms with Crippen molar-refractivity contribution in [2.75, 3.05) is 23.3 Å². The maximum Gasteiger partial charge on any atom is 0.416 e. The van der Waals surface area contributed by atoms with E-state index in [0.29, 0.717) is 47.2 Å². The van der Waals surface area contributed by atoms with Crippen LogP contribution in [-0.4, -0.2) is 33.9 Å². The van der Waals surface area contributed by atoms with Gasteiger partial charge in [-0.05, 0) is 43.7 Å². The Morgan fingerprint density at radius 3 is 2.77 bits per heavy atom. The van der Waals surface area contributed by atoms with Crippen molar-refractivity contribution in [1.82, 2.24) is 15.0 Å². The summed E-state index contributed by atoms with van der Waals surface area (Å²) < 4.78 is 39.7. The first-order valence-electron chi connectivity index (χ1n) is 11.0. The number of aromatic nitrogens is 3. The third-order valence-electron chi connectivity index (χ3n) is 5.91. The summed E-state index contributed by atoms with van der Waals surface area (Å²) in [5.74, 6) is 2.45. The number of fused-ring (bicyclic) bond motifs is 3. The van der Waals surface area contributed by atoms with Crippen molar-refractivity contribution in [1.29, 1.82) is 5.26 Å². The summed E-state index contributed by atoms with van der Waals surface area (Å²) in [5.41, 5.74) is 2.43. The van der Waals surface area contributed by atoms with Gasteiger partial charge in [0.15, 0.2) is 0 Å². The molecule has 1 atom stereocenters. The lowest BCUT2D eigenvalue weighted by atomic mass is 9.98. The van der Waals surface area contributed by atoms with Crippen molar-refractivity contribution in [3.63, 3.8) is 0 Å². The normalized spacial score (nSPS) is 15.5. The molecule has 176 valence electrons. The molecule has 0 spiro atoms. The summed E-state index contributed by atoms with van der Waals surface area (Å²) in [4.78, 5) is 20.0. The van der Waals surface area contributed by atoms with Gasteiger partial charge in [-0.1, -0.05) is 12.1 Å². The molecule has 0 aliphatic carbocycles. The SMILES string of the molecule is Cc1nc(NC(C)c2cccc(C(F)(F)F)c2)c2c(n1)N1CCN=C1C(c1cncc(C#N)c1)=C2. The highest BCUT2D eigenvalue weighted by Gasteiger charge is 2.33. The van der Waals surface area contributed by atoms with Gasteiger partial charge in [-0.25, -0.2) is 9.97 Å². The van der Waals surface area contributed by atoms with Gasteiger partial charge in [-0.15, -0.1) is 0 Å². The first kappa shape index (κ1) is 22.5. The molecule has 4 heterocycles. The van der Waals surface area contributed by atoms with Crippen molar-refractivity contribution in [3.8, 4) is 6.07 Å². The molecule has 7 nitrogen and oxygen atoms in total. The Morgan fingerprint density at radius 1 is 1.17 bits per heavy atom. The maximum atomic E-state index is 13.2. The Labute approximate surface area is 199 Å². The zero-order valence-electron chi connectivity index (χ0n) is 18.9. The van der Waals surface area contributed by atoms with E-state index in [2.05, 4.69) is 31.3 Å². The van der Waals surface area contributed by atoms with Gasteiger partial charge >= 0.3 is 6.18 Å². The van der Waals surface area contributed by atoms with Crippen LogP contribution in [0.3, 0.4) is 0 Å². The standard InChI is InChI=1S/C25H20F3N7/c1-14(17-4-3-5-19(9-17)25(26,27)28)32-22-21-10-20(18-8-16(11-29)12-30-13-18)23-31-6-7-35(23)24(21)34-15(2)33-22/h3-5,8-10,12-14H,6-7H2,1-2H3,(H,32,33,34). The zero-order valence-corrected chi connectivity index (χ0v) is 18.9. The third kappa shape index (κ3) is 4.21. The number of nitriles is 1. The summed E-state index contributed by atoms with van der Waals surface area (Å²) in [6.45, 7) is 4.77. The number of amidine groups is 1. The molecular formula is C25H20F3N7. The molecule has 3 aromatic rings. The van der Waals surface area contributed by atoms with E-state index < -0.39 is 17.8 Å². The molecule has 0 bridgehead atoms. The van der Waals surface area contributed by atoms with Crippen LogP contribution in [-0.2, 0) is 6.18 Å². The van der Waals surface area contributed by atoms with E-state index in [-0.39, 0.29) is 0 Å². The van der Waals surface area contributed by atoms with Crippen LogP contribution < -0.4 is 10.2 Å². The molecular weight excluding hydrogens is 455 g/mol. The van der Waals surface area contributed by atoms with Crippen LogP contribution in [0.2, 0.25) is 0 Å². The van der Waals surface area contributed by atoms with E-state index in [1.54, 1.807) is 32.2 Å². The number of aliphatic imine (C=N–C) groups is 1. The van der Waals surface area contributed by atoms with Crippen molar-refractivity contribution in [2.45, 2.75) is 26.1 Å².